The number of carbonyl (C=O) groups is 1. The van der Waals surface area contributed by atoms with E-state index in [0.29, 0.717) is 38.2 Å². The first-order chi connectivity index (χ1) is 16.4. The molecule has 0 saturated heterocycles. The van der Waals surface area contributed by atoms with E-state index in [1.807, 2.05) is 22.8 Å². The van der Waals surface area contributed by atoms with Gasteiger partial charge in [0.2, 0.25) is 0 Å². The van der Waals surface area contributed by atoms with E-state index >= 15 is 0 Å². The highest BCUT2D eigenvalue weighted by Gasteiger charge is 2.18. The number of nitrogens with zero attached hydrogens (tertiary/aromatic N) is 3. The van der Waals surface area contributed by atoms with Gasteiger partial charge in [-0.05, 0) is 55.0 Å². The number of aryl methyl sites for hydroxylation is 1. The molecule has 4 rings (SSSR count). The first kappa shape index (κ1) is 24.6. The van der Waals surface area contributed by atoms with Crippen LogP contribution < -0.4 is 10.6 Å². The Balaban J connectivity index is 1.55. The van der Waals surface area contributed by atoms with Crippen molar-refractivity contribution in [1.29, 1.82) is 0 Å². The summed E-state index contributed by atoms with van der Waals surface area (Å²) in [4.78, 5) is 12.4. The Kier molecular flexibility index (Phi) is 8.15. The minimum atomic E-state index is -0.358. The van der Waals surface area contributed by atoms with Gasteiger partial charge in [0.15, 0.2) is 11.0 Å². The predicted octanol–water partition coefficient (Wildman–Crippen LogP) is 7.26. The van der Waals surface area contributed by atoms with Gasteiger partial charge in [-0.15, -0.1) is 10.2 Å². The summed E-state index contributed by atoms with van der Waals surface area (Å²) in [6.07, 6.45) is 0. The maximum absolute atomic E-state index is 12.4. The zero-order chi connectivity index (χ0) is 24.1. The molecule has 0 unspecified atom stereocenters. The van der Waals surface area contributed by atoms with E-state index in [1.165, 1.54) is 22.9 Å². The van der Waals surface area contributed by atoms with Crippen molar-refractivity contribution in [1.82, 2.24) is 20.1 Å². The molecule has 0 saturated carbocycles. The zero-order valence-electron chi connectivity index (χ0n) is 18.1. The summed E-state index contributed by atoms with van der Waals surface area (Å²) in [5.41, 5.74) is 3.69. The van der Waals surface area contributed by atoms with E-state index < -0.39 is 0 Å². The second kappa shape index (κ2) is 11.3. The Labute approximate surface area is 220 Å². The van der Waals surface area contributed by atoms with Gasteiger partial charge in [0.25, 0.3) is 0 Å². The molecule has 0 radical (unpaired) electrons. The van der Waals surface area contributed by atoms with Crippen molar-refractivity contribution in [2.75, 3.05) is 5.32 Å². The monoisotopic (exact) mass is 575 g/mol. The molecule has 0 fully saturated rings. The number of urea groups is 1. The van der Waals surface area contributed by atoms with Crippen LogP contribution in [-0.4, -0.2) is 20.8 Å². The van der Waals surface area contributed by atoms with Crippen molar-refractivity contribution in [3.8, 4) is 5.69 Å². The summed E-state index contributed by atoms with van der Waals surface area (Å²) in [7, 11) is 0. The van der Waals surface area contributed by atoms with E-state index in [9.17, 15) is 4.79 Å². The molecule has 0 atom stereocenters. The van der Waals surface area contributed by atoms with Gasteiger partial charge >= 0.3 is 6.03 Å². The van der Waals surface area contributed by atoms with E-state index in [2.05, 4.69) is 61.9 Å². The minimum Gasteiger partial charge on any atom is -0.331 e. The van der Waals surface area contributed by atoms with Crippen LogP contribution in [0, 0.1) is 6.92 Å². The Bertz CT molecular complexity index is 1310. The molecule has 2 N–H and O–H groups in total. The summed E-state index contributed by atoms with van der Waals surface area (Å²) in [5.74, 6) is 1.23. The van der Waals surface area contributed by atoms with Gasteiger partial charge in [-0.25, -0.2) is 4.79 Å². The maximum atomic E-state index is 12.4. The third kappa shape index (κ3) is 6.33. The normalized spacial score (nSPS) is 10.8. The Morgan fingerprint density at radius 3 is 2.62 bits per heavy atom. The summed E-state index contributed by atoms with van der Waals surface area (Å²) in [6.45, 7) is 2.20. The molecule has 0 aliphatic carbocycles. The molecule has 0 aliphatic rings. The third-order valence-electron chi connectivity index (χ3n) is 4.81. The van der Waals surface area contributed by atoms with E-state index in [-0.39, 0.29) is 12.6 Å². The number of halogens is 3. The van der Waals surface area contributed by atoms with E-state index in [4.69, 9.17) is 23.2 Å². The standard InChI is InChI=1S/C24H20BrCl2N5OS/c1-15-3-2-4-16(11-15)14-34-24-31-30-22(32(24)21-12-18(26)7-10-20(21)27)13-28-23(33)29-19-8-5-17(25)6-9-19/h2-12H,13-14H2,1H3,(H2,28,29,33). The highest BCUT2D eigenvalue weighted by Crippen LogP contribution is 2.31. The number of hydrogen-bond donors (Lipinski definition) is 2. The summed E-state index contributed by atoms with van der Waals surface area (Å²) in [6, 6.07) is 20.5. The molecule has 174 valence electrons. The zero-order valence-corrected chi connectivity index (χ0v) is 22.0. The van der Waals surface area contributed by atoms with Crippen molar-refractivity contribution >= 4 is 62.6 Å². The molecular weight excluding hydrogens is 557 g/mol. The molecular formula is C24H20BrCl2N5OS. The number of hydrogen-bond acceptors (Lipinski definition) is 4. The first-order valence-corrected chi connectivity index (χ1v) is 12.8. The van der Waals surface area contributed by atoms with E-state index in [0.717, 1.165) is 4.47 Å². The fourth-order valence-electron chi connectivity index (χ4n) is 3.23. The lowest BCUT2D eigenvalue weighted by Crippen LogP contribution is -2.29. The first-order valence-electron chi connectivity index (χ1n) is 10.3. The average molecular weight is 577 g/mol. The maximum Gasteiger partial charge on any atom is 0.319 e. The third-order valence-corrected chi connectivity index (χ3v) is 6.89. The number of rotatable bonds is 7. The molecule has 1 heterocycles. The number of thioether (sulfide) groups is 1. The second-order valence-electron chi connectivity index (χ2n) is 7.42. The molecule has 10 heteroatoms. The Hall–Kier alpha value is -2.52. The van der Waals surface area contributed by atoms with Crippen molar-refractivity contribution in [2.45, 2.75) is 24.4 Å². The minimum absolute atomic E-state index is 0.142. The Morgan fingerprint density at radius 1 is 1.06 bits per heavy atom. The van der Waals surface area contributed by atoms with Gasteiger partial charge in [-0.3, -0.25) is 4.57 Å². The van der Waals surface area contributed by atoms with Crippen LogP contribution in [0.2, 0.25) is 10.0 Å². The van der Waals surface area contributed by atoms with Crippen LogP contribution in [0.15, 0.2) is 76.4 Å². The number of carbonyl (C=O) groups excluding carboxylic acids is 1. The lowest BCUT2D eigenvalue weighted by atomic mass is 10.2. The van der Waals surface area contributed by atoms with Crippen LogP contribution in [-0.2, 0) is 12.3 Å². The SMILES string of the molecule is Cc1cccc(CSc2nnc(CNC(=O)Nc3ccc(Br)cc3)n2-c2cc(Cl)ccc2Cl)c1. The fraction of sp³-hybridized carbons (Fsp3) is 0.125. The smallest absolute Gasteiger partial charge is 0.319 e. The molecule has 2 amide bonds. The fourth-order valence-corrected chi connectivity index (χ4v) is 4.76. The lowest BCUT2D eigenvalue weighted by Gasteiger charge is -2.13. The largest absolute Gasteiger partial charge is 0.331 e. The molecule has 3 aromatic carbocycles. The molecule has 0 aliphatic heterocycles. The van der Waals surface area contributed by atoms with Crippen LogP contribution in [0.3, 0.4) is 0 Å². The number of benzene rings is 3. The van der Waals surface area contributed by atoms with Crippen molar-refractivity contribution in [3.63, 3.8) is 0 Å². The number of nitrogens with one attached hydrogen (secondary N) is 2. The second-order valence-corrected chi connectivity index (χ2v) is 10.1. The Morgan fingerprint density at radius 2 is 1.85 bits per heavy atom. The van der Waals surface area contributed by atoms with Gasteiger partial charge in [0.05, 0.1) is 17.3 Å². The highest BCUT2D eigenvalue weighted by molar-refractivity contribution is 9.10. The number of aromatic nitrogens is 3. The molecule has 6 nitrogen and oxygen atoms in total. The van der Waals surface area contributed by atoms with Crippen LogP contribution in [0.5, 0.6) is 0 Å². The van der Waals surface area contributed by atoms with Gasteiger partial charge in [-0.1, -0.05) is 80.7 Å². The quantitative estimate of drug-likeness (QED) is 0.227. The molecule has 0 spiro atoms. The summed E-state index contributed by atoms with van der Waals surface area (Å²) >= 11 is 17.7. The van der Waals surface area contributed by atoms with Crippen LogP contribution >= 0.6 is 50.9 Å². The summed E-state index contributed by atoms with van der Waals surface area (Å²) in [5, 5.41) is 16.0. The number of amides is 2. The van der Waals surface area contributed by atoms with Crippen molar-refractivity contribution in [3.05, 3.63) is 98.2 Å². The van der Waals surface area contributed by atoms with Crippen molar-refractivity contribution < 1.29 is 4.79 Å². The van der Waals surface area contributed by atoms with Crippen LogP contribution in [0.1, 0.15) is 17.0 Å². The average Bonchev–Trinajstić information content (AvgIpc) is 3.22. The summed E-state index contributed by atoms with van der Waals surface area (Å²) < 4.78 is 2.76. The molecule has 34 heavy (non-hydrogen) atoms. The van der Waals surface area contributed by atoms with E-state index in [1.54, 1.807) is 30.3 Å². The number of anilines is 1. The predicted molar refractivity (Wildman–Crippen MR) is 142 cm³/mol. The molecule has 0 bridgehead atoms. The highest BCUT2D eigenvalue weighted by atomic mass is 79.9. The molecule has 4 aromatic rings. The molecule has 1 aromatic heterocycles. The van der Waals surface area contributed by atoms with Crippen molar-refractivity contribution in [2.24, 2.45) is 0 Å². The lowest BCUT2D eigenvalue weighted by molar-refractivity contribution is 0.251. The van der Waals surface area contributed by atoms with Gasteiger partial charge < -0.3 is 10.6 Å². The van der Waals surface area contributed by atoms with Gasteiger partial charge in [-0.2, -0.15) is 0 Å². The van der Waals surface area contributed by atoms with Gasteiger partial charge in [0, 0.05) is 20.9 Å². The van der Waals surface area contributed by atoms with Crippen LogP contribution in [0.4, 0.5) is 10.5 Å². The topological polar surface area (TPSA) is 71.8 Å². The van der Waals surface area contributed by atoms with Gasteiger partial charge in [0.1, 0.15) is 0 Å². The van der Waals surface area contributed by atoms with Crippen LogP contribution in [0.25, 0.3) is 5.69 Å².